The van der Waals surface area contributed by atoms with Crippen LogP contribution in [-0.2, 0) is 16.8 Å². The first-order valence-electron chi connectivity index (χ1n) is 6.99. The molecule has 6 N–H and O–H groups in total. The van der Waals surface area contributed by atoms with Crippen molar-refractivity contribution in [1.82, 2.24) is 20.5 Å². The normalized spacial score (nSPS) is 12.5. The Kier molecular flexibility index (Phi) is 4.53. The Labute approximate surface area is 148 Å². The molecule has 0 aliphatic rings. The van der Waals surface area contributed by atoms with Gasteiger partial charge in [0.1, 0.15) is 17.0 Å². The Morgan fingerprint density at radius 1 is 1.42 bits per heavy atom. The van der Waals surface area contributed by atoms with Crippen LogP contribution >= 0.6 is 18.9 Å². The van der Waals surface area contributed by atoms with Gasteiger partial charge in [0, 0.05) is 15.6 Å². The summed E-state index contributed by atoms with van der Waals surface area (Å²) in [5.41, 5.74) is 0.943. The number of fused-ring (bicyclic) bond motifs is 1. The van der Waals surface area contributed by atoms with Gasteiger partial charge < -0.3 is 20.8 Å². The molecule has 0 spiro atoms. The standard InChI is InChI=1S/C13H12F2N5O4PS/c14-13(15,25(22,23)24)11-10(16)7-3-6(1-2-8(7)26-11)12(21)17-4-9-18-5-19-20-9/h1-3,5H,4,16H2,(H,17,21)(H,18,19,20)(H2,22,23,24). The summed E-state index contributed by atoms with van der Waals surface area (Å²) in [6.45, 7) is 0.0809. The zero-order chi connectivity index (χ0) is 19.1. The summed E-state index contributed by atoms with van der Waals surface area (Å²) in [7, 11) is -5.74. The summed E-state index contributed by atoms with van der Waals surface area (Å²) in [6, 6.07) is 4.07. The number of carbonyl (C=O) groups is 1. The highest BCUT2D eigenvalue weighted by atomic mass is 32.1. The molecule has 0 atom stereocenters. The van der Waals surface area contributed by atoms with Gasteiger partial charge in [0.2, 0.25) is 0 Å². The maximum absolute atomic E-state index is 14.0. The molecule has 0 unspecified atom stereocenters. The number of hydrogen-bond donors (Lipinski definition) is 5. The number of aromatic amines is 1. The number of nitrogens with two attached hydrogens (primary N) is 1. The van der Waals surface area contributed by atoms with Crippen LogP contribution in [-0.4, -0.2) is 30.9 Å². The fourth-order valence-electron chi connectivity index (χ4n) is 2.20. The van der Waals surface area contributed by atoms with Crippen molar-refractivity contribution < 1.29 is 27.9 Å². The number of benzene rings is 1. The molecule has 9 nitrogen and oxygen atoms in total. The molecule has 2 heterocycles. The second-order valence-electron chi connectivity index (χ2n) is 5.26. The molecule has 0 fully saturated rings. The number of halogens is 2. The molecule has 1 amide bonds. The van der Waals surface area contributed by atoms with Gasteiger partial charge in [-0.15, -0.1) is 11.3 Å². The molecule has 13 heteroatoms. The molecular formula is C13H12F2N5O4PS. The SMILES string of the molecule is Nc1c(C(F)(F)P(=O)(O)O)sc2ccc(C(=O)NCc3ncn[nH]3)cc12. The zero-order valence-electron chi connectivity index (χ0n) is 12.8. The van der Waals surface area contributed by atoms with Crippen LogP contribution in [0, 0.1) is 0 Å². The highest BCUT2D eigenvalue weighted by molar-refractivity contribution is 7.53. The van der Waals surface area contributed by atoms with Crippen LogP contribution < -0.4 is 11.1 Å². The molecule has 3 aromatic rings. The molecule has 0 saturated heterocycles. The van der Waals surface area contributed by atoms with Gasteiger partial charge in [-0.25, -0.2) is 4.98 Å². The van der Waals surface area contributed by atoms with Crippen LogP contribution in [0.2, 0.25) is 0 Å². The van der Waals surface area contributed by atoms with Gasteiger partial charge in [0.15, 0.2) is 0 Å². The van der Waals surface area contributed by atoms with Crippen LogP contribution in [0.1, 0.15) is 21.1 Å². The van der Waals surface area contributed by atoms with E-state index < -0.39 is 29.7 Å². The van der Waals surface area contributed by atoms with Crippen LogP contribution in [0.15, 0.2) is 24.5 Å². The Hall–Kier alpha value is -2.40. The smallest absolute Gasteiger partial charge is 0.397 e. The van der Waals surface area contributed by atoms with Crippen LogP contribution in [0.5, 0.6) is 0 Å². The van der Waals surface area contributed by atoms with Crippen molar-refractivity contribution in [3.63, 3.8) is 0 Å². The first-order chi connectivity index (χ1) is 12.1. The van der Waals surface area contributed by atoms with Crippen molar-refractivity contribution >= 4 is 40.6 Å². The summed E-state index contributed by atoms with van der Waals surface area (Å²) in [4.78, 5) is 32.9. The number of nitrogens with one attached hydrogen (secondary N) is 2. The number of alkyl halides is 2. The molecule has 1 aromatic carbocycles. The van der Waals surface area contributed by atoms with E-state index in [9.17, 15) is 18.1 Å². The average molecular weight is 403 g/mol. The van der Waals surface area contributed by atoms with E-state index in [2.05, 4.69) is 20.5 Å². The largest absolute Gasteiger partial charge is 0.400 e. The van der Waals surface area contributed by atoms with Crippen LogP contribution in [0.3, 0.4) is 0 Å². The Morgan fingerprint density at radius 2 is 2.15 bits per heavy atom. The number of carbonyl (C=O) groups excluding carboxylic acids is 1. The van der Waals surface area contributed by atoms with Crippen molar-refractivity contribution in [2.75, 3.05) is 5.73 Å². The lowest BCUT2D eigenvalue weighted by atomic mass is 10.1. The van der Waals surface area contributed by atoms with E-state index in [1.165, 1.54) is 24.5 Å². The number of H-pyrrole nitrogens is 1. The van der Waals surface area contributed by atoms with Crippen LogP contribution in [0.25, 0.3) is 10.1 Å². The minimum absolute atomic E-state index is 0.0809. The second-order valence-corrected chi connectivity index (χ2v) is 7.96. The lowest BCUT2D eigenvalue weighted by molar-refractivity contribution is 0.0608. The number of amides is 1. The molecule has 0 aliphatic heterocycles. The Bertz CT molecular complexity index is 1020. The predicted molar refractivity (Wildman–Crippen MR) is 89.7 cm³/mol. The number of nitrogens with zero attached hydrogens (tertiary/aromatic N) is 2. The molecule has 0 aliphatic carbocycles. The molecule has 26 heavy (non-hydrogen) atoms. The lowest BCUT2D eigenvalue weighted by Crippen LogP contribution is -2.23. The molecule has 0 saturated carbocycles. The summed E-state index contributed by atoms with van der Waals surface area (Å²) in [6.07, 6.45) is 1.28. The van der Waals surface area contributed by atoms with Gasteiger partial charge >= 0.3 is 13.3 Å². The van der Waals surface area contributed by atoms with Crippen molar-refractivity contribution in [2.24, 2.45) is 0 Å². The maximum Gasteiger partial charge on any atom is 0.400 e. The van der Waals surface area contributed by atoms with Gasteiger partial charge in [-0.1, -0.05) is 0 Å². The summed E-state index contributed by atoms with van der Waals surface area (Å²) in [5, 5.41) is 8.88. The number of rotatable bonds is 5. The molecule has 0 radical (unpaired) electrons. The number of aromatic nitrogens is 3. The average Bonchev–Trinajstić information content (AvgIpc) is 3.19. The van der Waals surface area contributed by atoms with E-state index in [1.807, 2.05) is 0 Å². The maximum atomic E-state index is 14.0. The summed E-state index contributed by atoms with van der Waals surface area (Å²) < 4.78 is 39.3. The zero-order valence-corrected chi connectivity index (χ0v) is 14.5. The summed E-state index contributed by atoms with van der Waals surface area (Å²) in [5.74, 6) is -0.0738. The van der Waals surface area contributed by atoms with E-state index >= 15 is 0 Å². The molecule has 3 rings (SSSR count). The van der Waals surface area contributed by atoms with Crippen molar-refractivity contribution in [3.8, 4) is 0 Å². The van der Waals surface area contributed by atoms with Crippen molar-refractivity contribution in [2.45, 2.75) is 12.2 Å². The third kappa shape index (κ3) is 3.19. The molecular weight excluding hydrogens is 391 g/mol. The molecule has 138 valence electrons. The highest BCUT2D eigenvalue weighted by Gasteiger charge is 2.53. The van der Waals surface area contributed by atoms with E-state index in [0.29, 0.717) is 17.2 Å². The number of thiophene rings is 1. The van der Waals surface area contributed by atoms with Gasteiger partial charge in [-0.05, 0) is 18.2 Å². The lowest BCUT2D eigenvalue weighted by Gasteiger charge is -2.16. The van der Waals surface area contributed by atoms with Crippen molar-refractivity contribution in [3.05, 3.63) is 40.8 Å². The van der Waals surface area contributed by atoms with Gasteiger partial charge in [0.05, 0.1) is 12.2 Å². The number of anilines is 1. The van der Waals surface area contributed by atoms with E-state index in [4.69, 9.17) is 15.5 Å². The van der Waals surface area contributed by atoms with Gasteiger partial charge in [-0.2, -0.15) is 13.9 Å². The quantitative estimate of drug-likeness (QED) is 0.407. The van der Waals surface area contributed by atoms with E-state index in [0.717, 1.165) is 0 Å². The Balaban J connectivity index is 1.93. The van der Waals surface area contributed by atoms with E-state index in [-0.39, 0.29) is 22.2 Å². The topological polar surface area (TPSA) is 154 Å². The first kappa shape index (κ1) is 18.4. The third-order valence-electron chi connectivity index (χ3n) is 3.51. The highest BCUT2D eigenvalue weighted by Crippen LogP contribution is 2.62. The van der Waals surface area contributed by atoms with E-state index in [1.54, 1.807) is 0 Å². The van der Waals surface area contributed by atoms with Crippen LogP contribution in [0.4, 0.5) is 14.5 Å². The monoisotopic (exact) mass is 403 g/mol. The van der Waals surface area contributed by atoms with Gasteiger partial charge in [0.25, 0.3) is 5.91 Å². The van der Waals surface area contributed by atoms with Gasteiger partial charge in [-0.3, -0.25) is 14.5 Å². The fourth-order valence-corrected chi connectivity index (χ4v) is 4.05. The second kappa shape index (κ2) is 6.40. The fraction of sp³-hybridized carbons (Fsp3) is 0.154. The number of hydrogen-bond acceptors (Lipinski definition) is 6. The molecule has 0 bridgehead atoms. The summed E-state index contributed by atoms with van der Waals surface area (Å²) >= 11 is 0.467. The predicted octanol–water partition coefficient (Wildman–Crippen LogP) is 1.76. The first-order valence-corrected chi connectivity index (χ1v) is 9.42. The minimum Gasteiger partial charge on any atom is -0.397 e. The minimum atomic E-state index is -5.74. The Morgan fingerprint density at radius 3 is 2.77 bits per heavy atom. The third-order valence-corrected chi connectivity index (χ3v) is 5.87. The number of nitrogen functional groups attached to an aromatic ring is 1. The van der Waals surface area contributed by atoms with Crippen molar-refractivity contribution in [1.29, 1.82) is 0 Å². The molecule has 2 aromatic heterocycles.